The highest BCUT2D eigenvalue weighted by Gasteiger charge is 2.21. The Balaban J connectivity index is 3.67. The smallest absolute Gasteiger partial charge is 0.265 e. The van der Waals surface area contributed by atoms with E-state index < -0.39 is 18.2 Å². The van der Waals surface area contributed by atoms with Crippen molar-refractivity contribution in [3.8, 4) is 0 Å². The van der Waals surface area contributed by atoms with E-state index >= 15 is 0 Å². The molecular weight excluding hydrogens is 225 g/mol. The van der Waals surface area contributed by atoms with Crippen molar-refractivity contribution in [3.63, 3.8) is 0 Å². The summed E-state index contributed by atoms with van der Waals surface area (Å²) in [7, 11) is -4.77. The fourth-order valence-corrected chi connectivity index (χ4v) is 0.903. The molecule has 0 fully saturated rings. The summed E-state index contributed by atoms with van der Waals surface area (Å²) in [5.41, 5.74) is 0. The lowest BCUT2D eigenvalue weighted by Gasteiger charge is -2.18. The summed E-state index contributed by atoms with van der Waals surface area (Å²) in [5.74, 6) is 0. The van der Waals surface area contributed by atoms with Crippen LogP contribution in [0.15, 0.2) is 0 Å². The molecule has 0 aromatic carbocycles. The van der Waals surface area contributed by atoms with Gasteiger partial charge in [0.05, 0.1) is 0 Å². The summed E-state index contributed by atoms with van der Waals surface area (Å²) in [6.45, 7) is -0.699. The second-order valence-corrected chi connectivity index (χ2v) is 5.07. The topological polar surface area (TPSA) is 69.6 Å². The fourth-order valence-electron chi connectivity index (χ4n) is 0.155. The molecule has 10 heavy (non-hydrogen) atoms. The van der Waals surface area contributed by atoms with Gasteiger partial charge < -0.3 is 14.3 Å². The van der Waals surface area contributed by atoms with Gasteiger partial charge in [0, 0.05) is 0 Å². The number of rotatable bonds is 2. The number of phosphoric acid groups is 1. The number of phosphoric ester groups is 1. The highest BCUT2D eigenvalue weighted by Crippen LogP contribution is 2.36. The van der Waals surface area contributed by atoms with E-state index in [0.717, 1.165) is 0 Å². The molecule has 0 rings (SSSR count). The molecule has 1 N–H and O–H groups in total. The Morgan fingerprint density at radius 1 is 1.60 bits per heavy atom. The number of hydrogen-bond acceptors (Lipinski definition) is 3. The molecule has 0 aliphatic carbocycles. The van der Waals surface area contributed by atoms with Gasteiger partial charge in [0.1, 0.15) is 6.61 Å². The highest BCUT2D eigenvalue weighted by molar-refractivity contribution is 7.44. The molecule has 0 saturated carbocycles. The average molecular weight is 228 g/mol. The maximum Gasteiger partial charge on any atom is 0.265 e. The van der Waals surface area contributed by atoms with Crippen LogP contribution in [0.5, 0.6) is 0 Å². The van der Waals surface area contributed by atoms with E-state index in [1.807, 2.05) is 0 Å². The standard InChI is InChI=1S/C2H4Cl3O4P/c3-2(4,5)1-9-10(6,7)8/h1H2,(H2,6,7,8)/p-1. The Morgan fingerprint density at radius 2 is 2.00 bits per heavy atom. The van der Waals surface area contributed by atoms with Crippen molar-refractivity contribution in [3.05, 3.63) is 0 Å². The second kappa shape index (κ2) is 3.59. The van der Waals surface area contributed by atoms with Gasteiger partial charge in [-0.2, -0.15) is 0 Å². The zero-order valence-electron chi connectivity index (χ0n) is 4.46. The fraction of sp³-hybridized carbons (Fsp3) is 1.00. The van der Waals surface area contributed by atoms with Crippen LogP contribution < -0.4 is 4.89 Å². The summed E-state index contributed by atoms with van der Waals surface area (Å²) in [4.78, 5) is 17.8. The lowest BCUT2D eigenvalue weighted by molar-refractivity contribution is -0.219. The van der Waals surface area contributed by atoms with Gasteiger partial charge in [0.15, 0.2) is 0 Å². The molecule has 0 aromatic rings. The first-order chi connectivity index (χ1) is 4.21. The van der Waals surface area contributed by atoms with Crippen molar-refractivity contribution >= 4 is 42.6 Å². The van der Waals surface area contributed by atoms with Gasteiger partial charge in [-0.05, 0) is 0 Å². The van der Waals surface area contributed by atoms with Crippen LogP contribution in [0.1, 0.15) is 0 Å². The maximum atomic E-state index is 9.86. The monoisotopic (exact) mass is 227 g/mol. The van der Waals surface area contributed by atoms with Crippen LogP contribution in [0, 0.1) is 0 Å². The van der Waals surface area contributed by atoms with Gasteiger partial charge in [-0.15, -0.1) is 0 Å². The van der Waals surface area contributed by atoms with E-state index in [1.165, 1.54) is 0 Å². The quantitative estimate of drug-likeness (QED) is 0.561. The Morgan fingerprint density at radius 3 is 2.10 bits per heavy atom. The molecule has 0 aliphatic heterocycles. The summed E-state index contributed by atoms with van der Waals surface area (Å²) >= 11 is 15.2. The molecule has 1 unspecified atom stereocenters. The minimum absolute atomic E-state index is 0.699. The van der Waals surface area contributed by atoms with E-state index in [2.05, 4.69) is 4.52 Å². The summed E-state index contributed by atoms with van der Waals surface area (Å²) in [5, 5.41) is 0. The van der Waals surface area contributed by atoms with Gasteiger partial charge in [-0.25, -0.2) is 0 Å². The predicted octanol–water partition coefficient (Wildman–Crippen LogP) is 0.834. The molecule has 4 nitrogen and oxygen atoms in total. The van der Waals surface area contributed by atoms with Crippen molar-refractivity contribution in [2.24, 2.45) is 0 Å². The number of halogens is 3. The first-order valence-corrected chi connectivity index (χ1v) is 4.59. The lowest BCUT2D eigenvalue weighted by atomic mass is 10.9. The van der Waals surface area contributed by atoms with Gasteiger partial charge in [-0.3, -0.25) is 4.57 Å². The van der Waals surface area contributed by atoms with E-state index in [1.54, 1.807) is 0 Å². The van der Waals surface area contributed by atoms with Crippen molar-refractivity contribution in [2.75, 3.05) is 6.61 Å². The molecule has 0 aliphatic rings. The van der Waals surface area contributed by atoms with Crippen LogP contribution in [-0.2, 0) is 9.09 Å². The van der Waals surface area contributed by atoms with E-state index in [4.69, 9.17) is 39.7 Å². The van der Waals surface area contributed by atoms with Crippen LogP contribution in [0.3, 0.4) is 0 Å². The summed E-state index contributed by atoms with van der Waals surface area (Å²) < 4.78 is 11.8. The molecule has 62 valence electrons. The zero-order valence-corrected chi connectivity index (χ0v) is 7.62. The molecule has 0 radical (unpaired) electrons. The van der Waals surface area contributed by atoms with E-state index in [9.17, 15) is 9.46 Å². The largest absolute Gasteiger partial charge is 0.756 e. The van der Waals surface area contributed by atoms with Crippen molar-refractivity contribution in [2.45, 2.75) is 3.79 Å². The van der Waals surface area contributed by atoms with E-state index in [0.29, 0.717) is 0 Å². The van der Waals surface area contributed by atoms with Gasteiger partial charge in [0.25, 0.3) is 7.82 Å². The van der Waals surface area contributed by atoms with Gasteiger partial charge in [0.2, 0.25) is 3.79 Å². The highest BCUT2D eigenvalue weighted by atomic mass is 35.6. The van der Waals surface area contributed by atoms with Crippen LogP contribution >= 0.6 is 42.6 Å². The predicted molar refractivity (Wildman–Crippen MR) is 36.1 cm³/mol. The number of hydrogen-bond donors (Lipinski definition) is 1. The van der Waals surface area contributed by atoms with Crippen LogP contribution in [-0.4, -0.2) is 15.3 Å². The molecule has 0 aromatic heterocycles. The molecule has 0 amide bonds. The van der Waals surface area contributed by atoms with Gasteiger partial charge >= 0.3 is 0 Å². The zero-order chi connectivity index (χ0) is 8.41. The lowest BCUT2D eigenvalue weighted by Crippen LogP contribution is -2.15. The molecule has 8 heteroatoms. The maximum absolute atomic E-state index is 9.86. The normalized spacial score (nSPS) is 18.5. The van der Waals surface area contributed by atoms with Crippen LogP contribution in [0.4, 0.5) is 0 Å². The second-order valence-electron chi connectivity index (χ2n) is 1.36. The first-order valence-electron chi connectivity index (χ1n) is 1.96. The molecular formula is C2H3Cl3O4P-. The number of alkyl halides is 3. The minimum Gasteiger partial charge on any atom is -0.756 e. The third-order valence-electron chi connectivity index (χ3n) is 0.391. The Hall–Kier alpha value is 0.980. The molecule has 0 heterocycles. The van der Waals surface area contributed by atoms with Crippen LogP contribution in [0.25, 0.3) is 0 Å². The Kier molecular flexibility index (Phi) is 3.94. The van der Waals surface area contributed by atoms with Gasteiger partial charge in [-0.1, -0.05) is 34.8 Å². The van der Waals surface area contributed by atoms with Crippen LogP contribution in [0.2, 0.25) is 0 Å². The Bertz CT molecular complexity index is 147. The third-order valence-corrected chi connectivity index (χ3v) is 1.17. The Labute approximate surface area is 72.3 Å². The average Bonchev–Trinajstić information content (AvgIpc) is 1.57. The van der Waals surface area contributed by atoms with Crippen molar-refractivity contribution in [1.82, 2.24) is 0 Å². The summed E-state index contributed by atoms with van der Waals surface area (Å²) in [6.07, 6.45) is 0. The first kappa shape index (κ1) is 11.0. The molecule has 0 saturated heterocycles. The molecule has 0 bridgehead atoms. The minimum atomic E-state index is -4.77. The van der Waals surface area contributed by atoms with E-state index in [-0.39, 0.29) is 0 Å². The van der Waals surface area contributed by atoms with Crippen molar-refractivity contribution < 1.29 is 18.9 Å². The summed E-state index contributed by atoms with van der Waals surface area (Å²) in [6, 6.07) is 0. The third kappa shape index (κ3) is 8.98. The van der Waals surface area contributed by atoms with Crippen molar-refractivity contribution in [1.29, 1.82) is 0 Å². The molecule has 1 atom stereocenters. The molecule has 0 spiro atoms. The SMILES string of the molecule is O=P([O-])(O)OCC(Cl)(Cl)Cl.